The molecule has 142 valence electrons. The normalized spacial score (nSPS) is 10.9. The topological polar surface area (TPSA) is 56.1 Å². The molecule has 0 bridgehead atoms. The quantitative estimate of drug-likeness (QED) is 0.655. The second-order valence-electron chi connectivity index (χ2n) is 6.50. The molecule has 0 saturated heterocycles. The van der Waals surface area contributed by atoms with Crippen molar-refractivity contribution in [2.75, 3.05) is 0 Å². The van der Waals surface area contributed by atoms with Crippen LogP contribution in [0, 0.1) is 20.8 Å². The lowest BCUT2D eigenvalue weighted by Gasteiger charge is -2.07. The largest absolute Gasteiger partial charge is 0.487 e. The molecule has 2 aromatic heterocycles. The fraction of sp³-hybridized carbons (Fsp3) is 0.300. The summed E-state index contributed by atoms with van der Waals surface area (Å²) in [5.74, 6) is 0.555. The van der Waals surface area contributed by atoms with Crippen molar-refractivity contribution in [1.29, 1.82) is 0 Å². The molecule has 1 amide bonds. The van der Waals surface area contributed by atoms with E-state index in [4.69, 9.17) is 16.3 Å². The molecule has 1 N–H and O–H groups in total. The summed E-state index contributed by atoms with van der Waals surface area (Å²) in [6, 6.07) is 7.52. The van der Waals surface area contributed by atoms with Crippen LogP contribution >= 0.6 is 22.9 Å². The van der Waals surface area contributed by atoms with Gasteiger partial charge in [0.15, 0.2) is 0 Å². The lowest BCUT2D eigenvalue weighted by atomic mass is 10.2. The van der Waals surface area contributed by atoms with Gasteiger partial charge in [-0.15, -0.1) is 11.3 Å². The second-order valence-corrected chi connectivity index (χ2v) is 7.82. The molecule has 2 heterocycles. The standard InChI is InChI=1S/C20H22ClN3O2S/c1-12-5-6-17(21)18(7-12)26-10-15-8-19(27-11-15)20(25)22-9-16-13(2)23-24(4)14(16)3/h5-8,11H,9-10H2,1-4H3,(H,22,25). The summed E-state index contributed by atoms with van der Waals surface area (Å²) in [5, 5.41) is 9.85. The van der Waals surface area contributed by atoms with E-state index in [0.29, 0.717) is 28.8 Å². The minimum atomic E-state index is -0.0949. The molecule has 3 rings (SSSR count). The van der Waals surface area contributed by atoms with Gasteiger partial charge < -0.3 is 10.1 Å². The van der Waals surface area contributed by atoms with Gasteiger partial charge in [0.25, 0.3) is 5.91 Å². The lowest BCUT2D eigenvalue weighted by molar-refractivity contribution is 0.0955. The highest BCUT2D eigenvalue weighted by Crippen LogP contribution is 2.26. The molecule has 0 aliphatic heterocycles. The fourth-order valence-electron chi connectivity index (χ4n) is 2.78. The van der Waals surface area contributed by atoms with Crippen LogP contribution in [-0.4, -0.2) is 15.7 Å². The van der Waals surface area contributed by atoms with Gasteiger partial charge >= 0.3 is 0 Å². The number of hydrogen-bond donors (Lipinski definition) is 1. The number of benzene rings is 1. The number of nitrogens with one attached hydrogen (secondary N) is 1. The Morgan fingerprint density at radius 2 is 2.07 bits per heavy atom. The highest BCUT2D eigenvalue weighted by atomic mass is 35.5. The van der Waals surface area contributed by atoms with Gasteiger partial charge in [0, 0.05) is 30.4 Å². The Kier molecular flexibility index (Phi) is 5.87. The summed E-state index contributed by atoms with van der Waals surface area (Å²) in [7, 11) is 1.90. The summed E-state index contributed by atoms with van der Waals surface area (Å²) >= 11 is 7.55. The number of rotatable bonds is 6. The molecule has 0 aliphatic rings. The molecule has 0 atom stereocenters. The molecule has 7 heteroatoms. The van der Waals surface area contributed by atoms with E-state index < -0.39 is 0 Å². The Morgan fingerprint density at radius 3 is 2.78 bits per heavy atom. The molecular weight excluding hydrogens is 382 g/mol. The molecule has 27 heavy (non-hydrogen) atoms. The van der Waals surface area contributed by atoms with Crippen molar-refractivity contribution in [3.8, 4) is 5.75 Å². The first-order chi connectivity index (χ1) is 12.8. The lowest BCUT2D eigenvalue weighted by Crippen LogP contribution is -2.22. The Labute approximate surface area is 167 Å². The maximum Gasteiger partial charge on any atom is 0.261 e. The first-order valence-corrected chi connectivity index (χ1v) is 9.84. The van der Waals surface area contributed by atoms with Crippen molar-refractivity contribution in [3.63, 3.8) is 0 Å². The van der Waals surface area contributed by atoms with E-state index in [9.17, 15) is 4.79 Å². The highest BCUT2D eigenvalue weighted by molar-refractivity contribution is 7.12. The van der Waals surface area contributed by atoms with Gasteiger partial charge in [0.1, 0.15) is 12.4 Å². The molecule has 1 aromatic carbocycles. The van der Waals surface area contributed by atoms with E-state index in [-0.39, 0.29) is 5.91 Å². The number of aryl methyl sites for hydroxylation is 3. The monoisotopic (exact) mass is 403 g/mol. The smallest absolute Gasteiger partial charge is 0.261 e. The molecule has 0 spiro atoms. The van der Waals surface area contributed by atoms with Crippen LogP contribution in [0.25, 0.3) is 0 Å². The third-order valence-electron chi connectivity index (χ3n) is 4.44. The number of thiophene rings is 1. The van der Waals surface area contributed by atoms with Crippen LogP contribution in [0.4, 0.5) is 0 Å². The van der Waals surface area contributed by atoms with E-state index in [1.165, 1.54) is 11.3 Å². The molecule has 5 nitrogen and oxygen atoms in total. The van der Waals surface area contributed by atoms with Crippen molar-refractivity contribution >= 4 is 28.8 Å². The molecular formula is C20H22ClN3O2S. The van der Waals surface area contributed by atoms with Gasteiger partial charge in [-0.25, -0.2) is 0 Å². The zero-order valence-electron chi connectivity index (χ0n) is 15.8. The van der Waals surface area contributed by atoms with E-state index in [1.54, 1.807) is 0 Å². The molecule has 0 saturated carbocycles. The zero-order chi connectivity index (χ0) is 19.6. The highest BCUT2D eigenvalue weighted by Gasteiger charge is 2.13. The maximum absolute atomic E-state index is 12.4. The van der Waals surface area contributed by atoms with E-state index in [0.717, 1.165) is 28.1 Å². The number of carbonyl (C=O) groups excluding carboxylic acids is 1. The number of carbonyl (C=O) groups is 1. The average Bonchev–Trinajstić information content (AvgIpc) is 3.19. The van der Waals surface area contributed by atoms with Crippen molar-refractivity contribution in [1.82, 2.24) is 15.1 Å². The van der Waals surface area contributed by atoms with E-state index in [1.807, 2.05) is 62.1 Å². The molecule has 3 aromatic rings. The molecule has 0 aliphatic carbocycles. The number of nitrogens with zero attached hydrogens (tertiary/aromatic N) is 2. The van der Waals surface area contributed by atoms with Crippen LogP contribution in [-0.2, 0) is 20.2 Å². The molecule has 0 unspecified atom stereocenters. The average molecular weight is 404 g/mol. The summed E-state index contributed by atoms with van der Waals surface area (Å²) in [6.45, 7) is 6.77. The van der Waals surface area contributed by atoms with E-state index in [2.05, 4.69) is 10.4 Å². The number of amides is 1. The first kappa shape index (κ1) is 19.5. The number of halogens is 1. The fourth-order valence-corrected chi connectivity index (χ4v) is 3.77. The number of ether oxygens (including phenoxy) is 1. The van der Waals surface area contributed by atoms with Gasteiger partial charge in [-0.3, -0.25) is 9.48 Å². The predicted molar refractivity (Wildman–Crippen MR) is 109 cm³/mol. The Balaban J connectivity index is 1.59. The Morgan fingerprint density at radius 1 is 1.30 bits per heavy atom. The SMILES string of the molecule is Cc1ccc(Cl)c(OCc2csc(C(=O)NCc3c(C)nn(C)c3C)c2)c1. The van der Waals surface area contributed by atoms with Gasteiger partial charge in [-0.1, -0.05) is 17.7 Å². The zero-order valence-corrected chi connectivity index (χ0v) is 17.4. The number of aromatic nitrogens is 2. The Bertz CT molecular complexity index is 978. The summed E-state index contributed by atoms with van der Waals surface area (Å²) in [4.78, 5) is 13.1. The predicted octanol–water partition coefficient (Wildman–Crippen LogP) is 4.57. The van der Waals surface area contributed by atoms with Crippen LogP contribution in [0.3, 0.4) is 0 Å². The molecule has 0 fully saturated rings. The third kappa shape index (κ3) is 4.51. The van der Waals surface area contributed by atoms with Crippen molar-refractivity contribution in [2.45, 2.75) is 33.9 Å². The van der Waals surface area contributed by atoms with E-state index >= 15 is 0 Å². The second kappa shape index (κ2) is 8.15. The summed E-state index contributed by atoms with van der Waals surface area (Å²) in [5.41, 5.74) is 5.07. The molecule has 0 radical (unpaired) electrons. The van der Waals surface area contributed by atoms with Crippen molar-refractivity contribution < 1.29 is 9.53 Å². The van der Waals surface area contributed by atoms with Crippen LogP contribution in [0.2, 0.25) is 5.02 Å². The minimum Gasteiger partial charge on any atom is -0.487 e. The van der Waals surface area contributed by atoms with Crippen molar-refractivity contribution in [2.24, 2.45) is 7.05 Å². The van der Waals surface area contributed by atoms with Crippen LogP contribution in [0.1, 0.15) is 37.7 Å². The van der Waals surface area contributed by atoms with Gasteiger partial charge in [-0.05, 0) is 49.9 Å². The third-order valence-corrected chi connectivity index (χ3v) is 5.73. The number of hydrogen-bond acceptors (Lipinski definition) is 4. The summed E-state index contributed by atoms with van der Waals surface area (Å²) in [6.07, 6.45) is 0. The van der Waals surface area contributed by atoms with Crippen LogP contribution < -0.4 is 10.1 Å². The Hall–Kier alpha value is -2.31. The van der Waals surface area contributed by atoms with Crippen LogP contribution in [0.15, 0.2) is 29.6 Å². The van der Waals surface area contributed by atoms with Gasteiger partial charge in [0.05, 0.1) is 15.6 Å². The maximum atomic E-state index is 12.4. The summed E-state index contributed by atoms with van der Waals surface area (Å²) < 4.78 is 7.62. The first-order valence-electron chi connectivity index (χ1n) is 8.58. The van der Waals surface area contributed by atoms with Gasteiger partial charge in [-0.2, -0.15) is 5.10 Å². The van der Waals surface area contributed by atoms with Crippen LogP contribution in [0.5, 0.6) is 5.75 Å². The van der Waals surface area contributed by atoms with Crippen molar-refractivity contribution in [3.05, 3.63) is 67.6 Å². The van der Waals surface area contributed by atoms with Gasteiger partial charge in [0.2, 0.25) is 0 Å². The minimum absolute atomic E-state index is 0.0949.